The molecule has 0 radical (unpaired) electrons. The number of ether oxygens (including phenoxy) is 1. The number of hydroxylamine groups is 2. The molecule has 2 atom stereocenters. The maximum absolute atomic E-state index is 13.2. The van der Waals surface area contributed by atoms with Crippen molar-refractivity contribution >= 4 is 62.0 Å². The molecule has 22 heteroatoms. The summed E-state index contributed by atoms with van der Waals surface area (Å²) in [4.78, 5) is 63.0. The maximum atomic E-state index is 13.2. The number of aliphatic carboxylic acids is 1. The molecule has 1 aromatic rings. The second kappa shape index (κ2) is 14.1. The Labute approximate surface area is 277 Å². The van der Waals surface area contributed by atoms with Gasteiger partial charge >= 0.3 is 16.4 Å². The third kappa shape index (κ3) is 7.96. The van der Waals surface area contributed by atoms with E-state index in [1.165, 1.54) is 19.2 Å². The molecule has 0 saturated carbocycles. The summed E-state index contributed by atoms with van der Waals surface area (Å²) in [6.45, 7) is 3.28. The van der Waals surface area contributed by atoms with E-state index in [0.717, 1.165) is 11.3 Å². The van der Waals surface area contributed by atoms with Crippen molar-refractivity contribution in [1.29, 1.82) is 0 Å². The Bertz CT molecular complexity index is 1740. The standard InChI is InChI=1S/C26H33N9O11S2/c1-25(2)19(21(37)35(25)46-48(41,42)43)33-20(36)18(16-9-47-24(28)32-16)34-45-17(22(38)39)8-44-14-4-5-15(29-3)13(6-14)7-30-10-26(23(27)40)11-31-12-26/h4-7,9,17,19,30-31H,8,10-12H2,1-3H3,(H2,27,40)(H2,28,32)(H,33,36)(H,38,39)(H,41,42,43)/b13-7-,29-15+,34-18-/t17-,19+/m0/s1. The van der Waals surface area contributed by atoms with Crippen molar-refractivity contribution in [2.75, 3.05) is 39.0 Å². The SMILES string of the molecule is C/N=C1\C=CC(OC[C@H](O/N=C(\C(=O)N[C@@H]2C(=O)N(OS(=O)(=O)O)C2(C)C)c2csc(N)n2)C(=O)O)=C\C1=C\NCC1(C(N)=O)CNC1. The van der Waals surface area contributed by atoms with E-state index in [9.17, 15) is 32.7 Å². The zero-order chi connectivity index (χ0) is 35.4. The molecular formula is C26H33N9O11S2. The number of carbonyl (C=O) groups excluding carboxylic acids is 3. The molecule has 2 aliphatic heterocycles. The molecule has 3 amide bonds. The quantitative estimate of drug-likeness (QED) is 0.0441. The van der Waals surface area contributed by atoms with Crippen LogP contribution in [0.3, 0.4) is 0 Å². The fourth-order valence-corrected chi connectivity index (χ4v) is 5.57. The molecule has 1 aromatic heterocycles. The Kier molecular flexibility index (Phi) is 10.5. The van der Waals surface area contributed by atoms with Gasteiger partial charge in [-0.3, -0.25) is 23.9 Å². The number of allylic oxidation sites excluding steroid dienone is 4. The summed E-state index contributed by atoms with van der Waals surface area (Å²) < 4.78 is 41.1. The molecule has 2 saturated heterocycles. The Morgan fingerprint density at radius 3 is 2.54 bits per heavy atom. The fraction of sp³-hybridized carbons (Fsp3) is 0.423. The average Bonchev–Trinajstić information content (AvgIpc) is 3.42. The highest BCUT2D eigenvalue weighted by Gasteiger charge is 2.58. The van der Waals surface area contributed by atoms with Crippen LogP contribution in [0.15, 0.2) is 51.3 Å². The number of primary amides is 1. The predicted molar refractivity (Wildman–Crippen MR) is 168 cm³/mol. The molecule has 20 nitrogen and oxygen atoms in total. The third-order valence-corrected chi connectivity index (χ3v) is 8.45. The number of β-lactam (4-membered cyclic amide) rings is 1. The molecule has 2 fully saturated rings. The molecule has 260 valence electrons. The monoisotopic (exact) mass is 711 g/mol. The number of carbonyl (C=O) groups is 4. The number of nitrogens with one attached hydrogen (secondary N) is 3. The number of oxime groups is 1. The molecular weight excluding hydrogens is 678 g/mol. The summed E-state index contributed by atoms with van der Waals surface area (Å²) in [7, 11) is -3.46. The number of carboxylic acids is 1. The Hall–Kier alpha value is -4.90. The molecule has 3 heterocycles. The van der Waals surface area contributed by atoms with Gasteiger partial charge < -0.3 is 42.1 Å². The van der Waals surface area contributed by atoms with Crippen LogP contribution >= 0.6 is 11.3 Å². The van der Waals surface area contributed by atoms with Crippen molar-refractivity contribution in [1.82, 2.24) is 26.0 Å². The van der Waals surface area contributed by atoms with E-state index in [1.54, 1.807) is 31.5 Å². The highest BCUT2D eigenvalue weighted by atomic mass is 32.3. The van der Waals surface area contributed by atoms with E-state index in [-0.39, 0.29) is 23.1 Å². The number of nitrogens with two attached hydrogens (primary N) is 2. The zero-order valence-corrected chi connectivity index (χ0v) is 27.3. The van der Waals surface area contributed by atoms with E-state index in [4.69, 9.17) is 25.6 Å². The minimum atomic E-state index is -5.03. The number of aromatic nitrogens is 1. The first-order chi connectivity index (χ1) is 22.5. The first-order valence-corrected chi connectivity index (χ1v) is 16.2. The molecule has 48 heavy (non-hydrogen) atoms. The summed E-state index contributed by atoms with van der Waals surface area (Å²) in [5.74, 6) is -3.76. The Balaban J connectivity index is 1.46. The van der Waals surface area contributed by atoms with Crippen molar-refractivity contribution in [2.24, 2.45) is 21.3 Å². The number of amides is 3. The topological polar surface area (TPSA) is 300 Å². The van der Waals surface area contributed by atoms with Gasteiger partial charge in [-0.15, -0.1) is 15.6 Å². The first kappa shape index (κ1) is 35.9. The summed E-state index contributed by atoms with van der Waals surface area (Å²) in [6, 6.07) is -1.35. The summed E-state index contributed by atoms with van der Waals surface area (Å²) in [6.07, 6.45) is 4.64. The van der Waals surface area contributed by atoms with Gasteiger partial charge in [0.25, 0.3) is 17.9 Å². The predicted octanol–water partition coefficient (Wildman–Crippen LogP) is -2.17. The molecule has 0 bridgehead atoms. The lowest BCUT2D eigenvalue weighted by Crippen LogP contribution is -2.76. The summed E-state index contributed by atoms with van der Waals surface area (Å²) >= 11 is 0.939. The van der Waals surface area contributed by atoms with E-state index >= 15 is 0 Å². The summed E-state index contributed by atoms with van der Waals surface area (Å²) in [5, 5.41) is 23.7. The Morgan fingerprint density at radius 2 is 2.02 bits per heavy atom. The van der Waals surface area contributed by atoms with Crippen molar-refractivity contribution in [3.8, 4) is 0 Å². The lowest BCUT2D eigenvalue weighted by atomic mass is 9.81. The van der Waals surface area contributed by atoms with Crippen molar-refractivity contribution < 1.29 is 51.1 Å². The molecule has 1 aliphatic carbocycles. The van der Waals surface area contributed by atoms with Gasteiger partial charge in [0.1, 0.15) is 24.1 Å². The number of aliphatic imine (C=N–C) groups is 1. The lowest BCUT2D eigenvalue weighted by Gasteiger charge is -2.50. The highest BCUT2D eigenvalue weighted by molar-refractivity contribution is 7.80. The van der Waals surface area contributed by atoms with Crippen LogP contribution < -0.4 is 27.4 Å². The van der Waals surface area contributed by atoms with Gasteiger partial charge in [-0.1, -0.05) is 5.16 Å². The minimum Gasteiger partial charge on any atom is -0.489 e. The zero-order valence-electron chi connectivity index (χ0n) is 25.7. The summed E-state index contributed by atoms with van der Waals surface area (Å²) in [5.41, 5.74) is 9.53. The van der Waals surface area contributed by atoms with Crippen LogP contribution in [0, 0.1) is 5.41 Å². The van der Waals surface area contributed by atoms with E-state index in [1.807, 2.05) is 0 Å². The van der Waals surface area contributed by atoms with Gasteiger partial charge in [0, 0.05) is 43.8 Å². The highest BCUT2D eigenvalue weighted by Crippen LogP contribution is 2.33. The van der Waals surface area contributed by atoms with Gasteiger partial charge in [0.05, 0.1) is 16.7 Å². The second-order valence-electron chi connectivity index (χ2n) is 11.2. The van der Waals surface area contributed by atoms with Crippen LogP contribution in [0.1, 0.15) is 19.5 Å². The van der Waals surface area contributed by atoms with Crippen LogP contribution in [0.4, 0.5) is 5.13 Å². The van der Waals surface area contributed by atoms with Crippen LogP contribution in [0.5, 0.6) is 0 Å². The largest absolute Gasteiger partial charge is 0.489 e. The molecule has 3 aliphatic rings. The van der Waals surface area contributed by atoms with Gasteiger partial charge in [0.15, 0.2) is 10.8 Å². The number of carboxylic acid groups (broad SMARTS) is 1. The number of anilines is 1. The molecule has 9 N–H and O–H groups in total. The van der Waals surface area contributed by atoms with Crippen LogP contribution in [-0.2, 0) is 43.4 Å². The van der Waals surface area contributed by atoms with Crippen LogP contribution in [0.25, 0.3) is 0 Å². The van der Waals surface area contributed by atoms with Gasteiger partial charge in [-0.2, -0.15) is 13.5 Å². The number of hydrogen-bond acceptors (Lipinski definition) is 16. The normalized spacial score (nSPS) is 22.3. The molecule has 0 spiro atoms. The van der Waals surface area contributed by atoms with Crippen molar-refractivity contribution in [3.63, 3.8) is 0 Å². The van der Waals surface area contributed by atoms with E-state index in [0.29, 0.717) is 29.4 Å². The fourth-order valence-electron chi connectivity index (χ4n) is 4.57. The van der Waals surface area contributed by atoms with Gasteiger partial charge in [0.2, 0.25) is 5.91 Å². The number of nitrogen functional groups attached to an aromatic ring is 1. The maximum Gasteiger partial charge on any atom is 0.418 e. The van der Waals surface area contributed by atoms with Crippen LogP contribution in [0.2, 0.25) is 0 Å². The number of hydrogen-bond donors (Lipinski definition) is 7. The number of rotatable bonds is 15. The van der Waals surface area contributed by atoms with E-state index < -0.39 is 69.5 Å². The number of nitrogens with zero attached hydrogens (tertiary/aromatic N) is 4. The molecule has 0 unspecified atom stereocenters. The second-order valence-corrected chi connectivity index (χ2v) is 13.1. The third-order valence-electron chi connectivity index (χ3n) is 7.44. The minimum absolute atomic E-state index is 0.0369. The molecule has 0 aromatic carbocycles. The average molecular weight is 712 g/mol. The number of thiazole rings is 1. The van der Waals surface area contributed by atoms with Gasteiger partial charge in [-0.25, -0.2) is 9.78 Å². The van der Waals surface area contributed by atoms with E-state index in [2.05, 4.69) is 35.4 Å². The Morgan fingerprint density at radius 1 is 1.31 bits per heavy atom. The van der Waals surface area contributed by atoms with Gasteiger partial charge in [-0.05, 0) is 32.1 Å². The smallest absolute Gasteiger partial charge is 0.418 e. The van der Waals surface area contributed by atoms with Crippen molar-refractivity contribution in [3.05, 3.63) is 46.8 Å². The van der Waals surface area contributed by atoms with Crippen molar-refractivity contribution in [2.45, 2.75) is 31.5 Å². The molecule has 4 rings (SSSR count). The van der Waals surface area contributed by atoms with Crippen LogP contribution in [-0.4, -0.2) is 114 Å². The first-order valence-electron chi connectivity index (χ1n) is 13.9. The lowest BCUT2D eigenvalue weighted by molar-refractivity contribution is -0.218.